The molecule has 2 rings (SSSR count). The number of phenolic OH excluding ortho intramolecular Hbond substituents is 2. The highest BCUT2D eigenvalue weighted by Crippen LogP contribution is 2.35. The summed E-state index contributed by atoms with van der Waals surface area (Å²) in [6, 6.07) is 10.7. The molecular weight excluding hydrogens is 256 g/mol. The van der Waals surface area contributed by atoms with Crippen molar-refractivity contribution in [3.8, 4) is 23.0 Å². The quantitative estimate of drug-likeness (QED) is 0.880. The molecule has 0 saturated carbocycles. The van der Waals surface area contributed by atoms with Crippen LogP contribution in [-0.2, 0) is 6.42 Å². The SMILES string of the molecule is COc1cccc(OCCc2cccc(C)c2O)c1O. The van der Waals surface area contributed by atoms with E-state index < -0.39 is 0 Å². The Bertz CT molecular complexity index is 593. The molecule has 0 amide bonds. The molecule has 0 radical (unpaired) electrons. The van der Waals surface area contributed by atoms with Crippen molar-refractivity contribution in [3.63, 3.8) is 0 Å². The van der Waals surface area contributed by atoms with Crippen LogP contribution in [0.15, 0.2) is 36.4 Å². The number of para-hydroxylation sites is 2. The van der Waals surface area contributed by atoms with Crippen molar-refractivity contribution in [1.82, 2.24) is 0 Å². The minimum atomic E-state index is -0.0107. The number of ether oxygens (including phenoxy) is 2. The van der Waals surface area contributed by atoms with Crippen LogP contribution in [0, 0.1) is 6.92 Å². The van der Waals surface area contributed by atoms with Gasteiger partial charge in [-0.1, -0.05) is 24.3 Å². The van der Waals surface area contributed by atoms with Crippen LogP contribution in [0.4, 0.5) is 0 Å². The summed E-state index contributed by atoms with van der Waals surface area (Å²) in [5.41, 5.74) is 1.67. The number of methoxy groups -OCH3 is 1. The van der Waals surface area contributed by atoms with E-state index in [1.165, 1.54) is 7.11 Å². The lowest BCUT2D eigenvalue weighted by Gasteiger charge is -2.11. The zero-order chi connectivity index (χ0) is 14.5. The molecule has 4 heteroatoms. The molecule has 0 atom stereocenters. The van der Waals surface area contributed by atoms with Crippen molar-refractivity contribution in [3.05, 3.63) is 47.5 Å². The summed E-state index contributed by atoms with van der Waals surface area (Å²) in [4.78, 5) is 0. The first-order valence-corrected chi connectivity index (χ1v) is 6.39. The molecule has 0 spiro atoms. The van der Waals surface area contributed by atoms with Gasteiger partial charge in [0, 0.05) is 6.42 Å². The third-order valence-electron chi connectivity index (χ3n) is 3.13. The lowest BCUT2D eigenvalue weighted by Crippen LogP contribution is -2.02. The van der Waals surface area contributed by atoms with Crippen LogP contribution in [0.1, 0.15) is 11.1 Å². The fourth-order valence-electron chi connectivity index (χ4n) is 1.98. The second kappa shape index (κ2) is 6.19. The molecule has 0 unspecified atom stereocenters. The van der Waals surface area contributed by atoms with Crippen molar-refractivity contribution in [1.29, 1.82) is 0 Å². The van der Waals surface area contributed by atoms with E-state index in [1.54, 1.807) is 18.2 Å². The largest absolute Gasteiger partial charge is 0.507 e. The van der Waals surface area contributed by atoms with Crippen LogP contribution in [0.2, 0.25) is 0 Å². The molecule has 0 heterocycles. The molecule has 20 heavy (non-hydrogen) atoms. The molecule has 0 saturated heterocycles. The molecule has 0 aromatic heterocycles. The summed E-state index contributed by atoms with van der Waals surface area (Å²) >= 11 is 0. The normalized spacial score (nSPS) is 10.3. The van der Waals surface area contributed by atoms with Gasteiger partial charge in [-0.3, -0.25) is 0 Å². The standard InChI is InChI=1S/C16H18O4/c1-11-5-3-6-12(15(11)17)9-10-20-14-8-4-7-13(19-2)16(14)18/h3-8,17-18H,9-10H2,1-2H3. The lowest BCUT2D eigenvalue weighted by atomic mass is 10.1. The van der Waals surface area contributed by atoms with Gasteiger partial charge in [-0.15, -0.1) is 0 Å². The second-order valence-electron chi connectivity index (χ2n) is 4.49. The van der Waals surface area contributed by atoms with Gasteiger partial charge in [0.1, 0.15) is 5.75 Å². The maximum atomic E-state index is 9.91. The van der Waals surface area contributed by atoms with E-state index in [0.717, 1.165) is 11.1 Å². The first kappa shape index (κ1) is 14.1. The third-order valence-corrected chi connectivity index (χ3v) is 3.13. The van der Waals surface area contributed by atoms with E-state index in [1.807, 2.05) is 25.1 Å². The first-order valence-electron chi connectivity index (χ1n) is 6.39. The molecule has 0 fully saturated rings. The van der Waals surface area contributed by atoms with Crippen molar-refractivity contribution >= 4 is 0 Å². The summed E-state index contributed by atoms with van der Waals surface area (Å²) < 4.78 is 10.6. The summed E-state index contributed by atoms with van der Waals surface area (Å²) in [6.07, 6.45) is 0.560. The van der Waals surface area contributed by atoms with Gasteiger partial charge >= 0.3 is 0 Å². The van der Waals surface area contributed by atoms with Crippen molar-refractivity contribution in [2.24, 2.45) is 0 Å². The Morgan fingerprint density at radius 1 is 0.950 bits per heavy atom. The van der Waals surface area contributed by atoms with Gasteiger partial charge in [-0.25, -0.2) is 0 Å². The number of rotatable bonds is 5. The van der Waals surface area contributed by atoms with Gasteiger partial charge in [0.2, 0.25) is 5.75 Å². The summed E-state index contributed by atoms with van der Waals surface area (Å²) in [7, 11) is 1.49. The number of phenols is 2. The number of hydrogen-bond donors (Lipinski definition) is 2. The topological polar surface area (TPSA) is 58.9 Å². The zero-order valence-electron chi connectivity index (χ0n) is 11.6. The van der Waals surface area contributed by atoms with Crippen LogP contribution in [0.25, 0.3) is 0 Å². The van der Waals surface area contributed by atoms with Gasteiger partial charge in [-0.05, 0) is 30.2 Å². The molecule has 0 bridgehead atoms. The molecule has 0 aliphatic heterocycles. The Morgan fingerprint density at radius 3 is 2.40 bits per heavy atom. The smallest absolute Gasteiger partial charge is 0.200 e. The molecule has 0 aliphatic rings. The number of aryl methyl sites for hydroxylation is 1. The fourth-order valence-corrected chi connectivity index (χ4v) is 1.98. The van der Waals surface area contributed by atoms with Crippen LogP contribution < -0.4 is 9.47 Å². The van der Waals surface area contributed by atoms with E-state index in [-0.39, 0.29) is 5.75 Å². The van der Waals surface area contributed by atoms with Crippen LogP contribution in [-0.4, -0.2) is 23.9 Å². The molecule has 2 N–H and O–H groups in total. The van der Waals surface area contributed by atoms with E-state index in [9.17, 15) is 10.2 Å². The van der Waals surface area contributed by atoms with E-state index in [4.69, 9.17) is 9.47 Å². The maximum Gasteiger partial charge on any atom is 0.200 e. The fraction of sp³-hybridized carbons (Fsp3) is 0.250. The third kappa shape index (κ3) is 2.96. The van der Waals surface area contributed by atoms with Crippen molar-refractivity contribution in [2.75, 3.05) is 13.7 Å². The average Bonchev–Trinajstić information content (AvgIpc) is 2.45. The molecular formula is C16H18O4. The van der Waals surface area contributed by atoms with Crippen LogP contribution in [0.5, 0.6) is 23.0 Å². The Kier molecular flexibility index (Phi) is 4.35. The second-order valence-corrected chi connectivity index (χ2v) is 4.49. The minimum absolute atomic E-state index is 0.0107. The number of hydrogen-bond acceptors (Lipinski definition) is 4. The van der Waals surface area contributed by atoms with Gasteiger partial charge < -0.3 is 19.7 Å². The Hall–Kier alpha value is -2.36. The van der Waals surface area contributed by atoms with Gasteiger partial charge in [-0.2, -0.15) is 0 Å². The van der Waals surface area contributed by atoms with Gasteiger partial charge in [0.05, 0.1) is 13.7 Å². The number of benzene rings is 2. The monoisotopic (exact) mass is 274 g/mol. The van der Waals surface area contributed by atoms with Crippen LogP contribution >= 0.6 is 0 Å². The summed E-state index contributed by atoms with van der Waals surface area (Å²) in [5.74, 6) is 1.03. The van der Waals surface area contributed by atoms with E-state index in [0.29, 0.717) is 30.3 Å². The van der Waals surface area contributed by atoms with Gasteiger partial charge in [0.15, 0.2) is 11.5 Å². The molecule has 4 nitrogen and oxygen atoms in total. The minimum Gasteiger partial charge on any atom is -0.507 e. The van der Waals surface area contributed by atoms with Gasteiger partial charge in [0.25, 0.3) is 0 Å². The molecule has 106 valence electrons. The molecule has 2 aromatic carbocycles. The summed E-state index contributed by atoms with van der Waals surface area (Å²) in [6.45, 7) is 2.21. The zero-order valence-corrected chi connectivity index (χ0v) is 11.6. The maximum absolute atomic E-state index is 9.91. The predicted molar refractivity (Wildman–Crippen MR) is 76.7 cm³/mol. The van der Waals surface area contributed by atoms with Crippen LogP contribution in [0.3, 0.4) is 0 Å². The molecule has 2 aromatic rings. The predicted octanol–water partition coefficient (Wildman–Crippen LogP) is 3.04. The first-order chi connectivity index (χ1) is 9.63. The highest BCUT2D eigenvalue weighted by Gasteiger charge is 2.09. The average molecular weight is 274 g/mol. The van der Waals surface area contributed by atoms with E-state index >= 15 is 0 Å². The highest BCUT2D eigenvalue weighted by atomic mass is 16.5. The highest BCUT2D eigenvalue weighted by molar-refractivity contribution is 5.49. The summed E-state index contributed by atoms with van der Waals surface area (Å²) in [5, 5.41) is 19.8. The lowest BCUT2D eigenvalue weighted by molar-refractivity contribution is 0.292. The molecule has 0 aliphatic carbocycles. The van der Waals surface area contributed by atoms with E-state index in [2.05, 4.69) is 0 Å². The Labute approximate surface area is 118 Å². The Morgan fingerprint density at radius 2 is 1.65 bits per heavy atom. The van der Waals surface area contributed by atoms with Crippen molar-refractivity contribution in [2.45, 2.75) is 13.3 Å². The van der Waals surface area contributed by atoms with Crippen molar-refractivity contribution < 1.29 is 19.7 Å². The number of aromatic hydroxyl groups is 2. The Balaban J connectivity index is 2.01.